The standard InChI is InChI=1S/C20H24ClN3O2S/c1-3-11-24(13-16-9-10-18(21)27-16)14-20(26)22-12-19(25)23-17-8-6-5-7-15(17)4-2/h3,5-10H,1,4,11-14H2,2H3,(H,22,26)(H,23,25)/p+1. The van der Waals surface area contributed by atoms with E-state index in [0.29, 0.717) is 13.1 Å². The van der Waals surface area contributed by atoms with Crippen LogP contribution in [0.15, 0.2) is 49.1 Å². The van der Waals surface area contributed by atoms with Crippen molar-refractivity contribution in [2.24, 2.45) is 0 Å². The lowest BCUT2D eigenvalue weighted by molar-refractivity contribution is -0.899. The molecule has 1 unspecified atom stereocenters. The summed E-state index contributed by atoms with van der Waals surface area (Å²) in [5, 5.41) is 5.54. The zero-order chi connectivity index (χ0) is 19.6. The Bertz CT molecular complexity index is 791. The molecule has 1 aromatic carbocycles. The molecule has 27 heavy (non-hydrogen) atoms. The SMILES string of the molecule is C=CC[NH+](CC(=O)NCC(=O)Nc1ccccc1CC)Cc1ccc(Cl)s1. The van der Waals surface area contributed by atoms with E-state index in [0.717, 1.165) is 31.8 Å². The number of aryl methyl sites for hydroxylation is 1. The first-order chi connectivity index (χ1) is 13.0. The number of hydrogen-bond donors (Lipinski definition) is 3. The second-order valence-corrected chi connectivity index (χ2v) is 7.94. The molecule has 0 fully saturated rings. The maximum absolute atomic E-state index is 12.2. The van der Waals surface area contributed by atoms with Crippen LogP contribution in [0.1, 0.15) is 17.4 Å². The molecule has 2 amide bonds. The molecular formula is C20H25ClN3O2S+. The van der Waals surface area contributed by atoms with Crippen LogP contribution in [0.3, 0.4) is 0 Å². The van der Waals surface area contributed by atoms with Crippen LogP contribution in [0.2, 0.25) is 4.34 Å². The molecule has 7 heteroatoms. The van der Waals surface area contributed by atoms with E-state index in [9.17, 15) is 9.59 Å². The molecule has 2 aromatic rings. The third-order valence-electron chi connectivity index (χ3n) is 4.02. The van der Waals surface area contributed by atoms with Crippen LogP contribution in [-0.2, 0) is 22.6 Å². The highest BCUT2D eigenvalue weighted by Crippen LogP contribution is 2.20. The van der Waals surface area contributed by atoms with Crippen molar-refractivity contribution in [1.29, 1.82) is 0 Å². The Morgan fingerprint density at radius 3 is 2.67 bits per heavy atom. The largest absolute Gasteiger partial charge is 0.342 e. The van der Waals surface area contributed by atoms with Crippen molar-refractivity contribution in [2.45, 2.75) is 19.9 Å². The van der Waals surface area contributed by atoms with Crippen molar-refractivity contribution in [3.05, 3.63) is 63.8 Å². The summed E-state index contributed by atoms with van der Waals surface area (Å²) in [7, 11) is 0. The zero-order valence-corrected chi connectivity index (χ0v) is 17.0. The Kier molecular flexibility index (Phi) is 8.51. The van der Waals surface area contributed by atoms with Gasteiger partial charge in [-0.05, 0) is 36.3 Å². The van der Waals surface area contributed by atoms with Gasteiger partial charge in [-0.2, -0.15) is 0 Å². The van der Waals surface area contributed by atoms with Crippen molar-refractivity contribution in [1.82, 2.24) is 5.32 Å². The van der Waals surface area contributed by atoms with E-state index < -0.39 is 0 Å². The summed E-state index contributed by atoms with van der Waals surface area (Å²) in [6.45, 7) is 7.34. The molecule has 1 atom stereocenters. The Morgan fingerprint density at radius 1 is 1.22 bits per heavy atom. The molecule has 0 bridgehead atoms. The second-order valence-electron chi connectivity index (χ2n) is 6.14. The van der Waals surface area contributed by atoms with Crippen LogP contribution in [0.5, 0.6) is 0 Å². The van der Waals surface area contributed by atoms with Crippen molar-refractivity contribution < 1.29 is 14.5 Å². The topological polar surface area (TPSA) is 62.6 Å². The lowest BCUT2D eigenvalue weighted by Gasteiger charge is -2.16. The predicted octanol–water partition coefficient (Wildman–Crippen LogP) is 2.29. The van der Waals surface area contributed by atoms with Gasteiger partial charge in [0.25, 0.3) is 5.91 Å². The van der Waals surface area contributed by atoms with E-state index in [-0.39, 0.29) is 24.9 Å². The summed E-state index contributed by atoms with van der Waals surface area (Å²) in [5.41, 5.74) is 1.85. The predicted molar refractivity (Wildman–Crippen MR) is 111 cm³/mol. The minimum Gasteiger partial charge on any atom is -0.342 e. The average molecular weight is 407 g/mol. The number of nitrogens with one attached hydrogen (secondary N) is 3. The van der Waals surface area contributed by atoms with E-state index in [4.69, 9.17) is 11.6 Å². The first-order valence-corrected chi connectivity index (χ1v) is 10.0. The molecule has 2 rings (SSSR count). The molecule has 1 heterocycles. The minimum atomic E-state index is -0.237. The third kappa shape index (κ3) is 7.17. The van der Waals surface area contributed by atoms with Crippen LogP contribution >= 0.6 is 22.9 Å². The Hall–Kier alpha value is -2.15. The molecule has 0 aliphatic heterocycles. The highest BCUT2D eigenvalue weighted by molar-refractivity contribution is 7.16. The van der Waals surface area contributed by atoms with Gasteiger partial charge in [0.2, 0.25) is 5.91 Å². The molecule has 3 N–H and O–H groups in total. The van der Waals surface area contributed by atoms with Gasteiger partial charge in [0.05, 0.1) is 22.3 Å². The smallest absolute Gasteiger partial charge is 0.275 e. The number of carbonyl (C=O) groups is 2. The molecular weight excluding hydrogens is 382 g/mol. The van der Waals surface area contributed by atoms with Gasteiger partial charge < -0.3 is 15.5 Å². The molecule has 0 aliphatic rings. The number of quaternary nitrogens is 1. The maximum atomic E-state index is 12.2. The van der Waals surface area contributed by atoms with E-state index in [1.807, 2.05) is 43.3 Å². The van der Waals surface area contributed by atoms with Crippen LogP contribution in [0, 0.1) is 0 Å². The van der Waals surface area contributed by atoms with E-state index in [1.54, 1.807) is 6.08 Å². The van der Waals surface area contributed by atoms with E-state index >= 15 is 0 Å². The molecule has 1 aromatic heterocycles. The van der Waals surface area contributed by atoms with Crippen LogP contribution < -0.4 is 15.5 Å². The molecule has 0 radical (unpaired) electrons. The number of anilines is 1. The van der Waals surface area contributed by atoms with Gasteiger partial charge in [-0.15, -0.1) is 11.3 Å². The number of amides is 2. The van der Waals surface area contributed by atoms with E-state index in [1.165, 1.54) is 11.3 Å². The van der Waals surface area contributed by atoms with Crippen molar-refractivity contribution in [2.75, 3.05) is 25.0 Å². The van der Waals surface area contributed by atoms with Gasteiger partial charge in [-0.25, -0.2) is 0 Å². The molecule has 0 saturated heterocycles. The number of thiophene rings is 1. The fraction of sp³-hybridized carbons (Fsp3) is 0.300. The van der Waals surface area contributed by atoms with Crippen LogP contribution in [0.4, 0.5) is 5.69 Å². The van der Waals surface area contributed by atoms with Gasteiger partial charge in [0, 0.05) is 5.69 Å². The lowest BCUT2D eigenvalue weighted by Crippen LogP contribution is -3.11. The summed E-state index contributed by atoms with van der Waals surface area (Å²) in [6.07, 6.45) is 2.61. The summed E-state index contributed by atoms with van der Waals surface area (Å²) in [4.78, 5) is 26.5. The Balaban J connectivity index is 1.82. The van der Waals surface area contributed by atoms with Gasteiger partial charge in [-0.1, -0.05) is 43.3 Å². The quantitative estimate of drug-likeness (QED) is 0.530. The van der Waals surface area contributed by atoms with Gasteiger partial charge in [0.15, 0.2) is 6.54 Å². The number of carbonyl (C=O) groups excluding carboxylic acids is 2. The lowest BCUT2D eigenvalue weighted by atomic mass is 10.1. The number of hydrogen-bond acceptors (Lipinski definition) is 3. The average Bonchev–Trinajstić information content (AvgIpc) is 3.05. The molecule has 0 aliphatic carbocycles. The minimum absolute atomic E-state index is 0.0525. The molecule has 0 spiro atoms. The van der Waals surface area contributed by atoms with Crippen LogP contribution in [0.25, 0.3) is 0 Å². The van der Waals surface area contributed by atoms with Gasteiger partial charge in [-0.3, -0.25) is 9.59 Å². The highest BCUT2D eigenvalue weighted by atomic mass is 35.5. The first-order valence-electron chi connectivity index (χ1n) is 8.85. The van der Waals surface area contributed by atoms with Gasteiger partial charge in [0.1, 0.15) is 6.54 Å². The molecule has 144 valence electrons. The third-order valence-corrected chi connectivity index (χ3v) is 5.25. The summed E-state index contributed by atoms with van der Waals surface area (Å²) >= 11 is 7.47. The number of halogens is 1. The fourth-order valence-corrected chi connectivity index (χ4v) is 3.88. The Morgan fingerprint density at radius 2 is 2.00 bits per heavy atom. The second kappa shape index (κ2) is 10.9. The highest BCUT2D eigenvalue weighted by Gasteiger charge is 2.16. The van der Waals surface area contributed by atoms with Crippen molar-refractivity contribution >= 4 is 40.4 Å². The first kappa shape index (κ1) is 21.2. The molecule has 5 nitrogen and oxygen atoms in total. The number of para-hydroxylation sites is 1. The summed E-state index contributed by atoms with van der Waals surface area (Å²) in [5.74, 6) is -0.409. The monoisotopic (exact) mass is 406 g/mol. The van der Waals surface area contributed by atoms with Crippen LogP contribution in [-0.4, -0.2) is 31.4 Å². The van der Waals surface area contributed by atoms with Gasteiger partial charge >= 0.3 is 0 Å². The summed E-state index contributed by atoms with van der Waals surface area (Å²) < 4.78 is 0.733. The van der Waals surface area contributed by atoms with Crippen molar-refractivity contribution in [3.63, 3.8) is 0 Å². The normalized spacial score (nSPS) is 11.6. The Labute approximate surface area is 169 Å². The number of benzene rings is 1. The van der Waals surface area contributed by atoms with Crippen molar-refractivity contribution in [3.8, 4) is 0 Å². The summed E-state index contributed by atoms with van der Waals surface area (Å²) in [6, 6.07) is 11.5. The zero-order valence-electron chi connectivity index (χ0n) is 15.4. The fourth-order valence-electron chi connectivity index (χ4n) is 2.72. The maximum Gasteiger partial charge on any atom is 0.275 e. The number of rotatable bonds is 10. The molecule has 0 saturated carbocycles. The van der Waals surface area contributed by atoms with E-state index in [2.05, 4.69) is 17.2 Å².